The van der Waals surface area contributed by atoms with E-state index in [1.165, 1.54) is 0 Å². The zero-order valence-electron chi connectivity index (χ0n) is 11.9. The Morgan fingerprint density at radius 2 is 1.79 bits per heavy atom. The van der Waals surface area contributed by atoms with E-state index in [4.69, 9.17) is 15.6 Å². The highest BCUT2D eigenvalue weighted by Gasteiger charge is 2.26. The van der Waals surface area contributed by atoms with Crippen LogP contribution in [0.25, 0.3) is 0 Å². The molecule has 1 heterocycles. The van der Waals surface area contributed by atoms with Crippen molar-refractivity contribution in [1.29, 1.82) is 0 Å². The Balaban J connectivity index is 2.42. The molecule has 3 N–H and O–H groups in total. The van der Waals surface area contributed by atoms with Crippen molar-refractivity contribution in [3.05, 3.63) is 0 Å². The number of carbonyl (C=O) groups excluding carboxylic acids is 1. The van der Waals surface area contributed by atoms with Gasteiger partial charge in [0.05, 0.1) is 13.2 Å². The van der Waals surface area contributed by atoms with E-state index in [9.17, 15) is 4.79 Å². The van der Waals surface area contributed by atoms with Crippen molar-refractivity contribution in [2.45, 2.75) is 26.4 Å². The number of hydrogen-bond acceptors (Lipinski definition) is 4. The Morgan fingerprint density at radius 3 is 2.26 bits per heavy atom. The average molecular weight is 272 g/mol. The van der Waals surface area contributed by atoms with E-state index in [1.807, 2.05) is 25.7 Å². The molecule has 1 aliphatic rings. The molecule has 1 rings (SSSR count). The minimum Gasteiger partial charge on any atom is -0.444 e. The number of carbonyl (C=O) groups is 1. The predicted octanol–water partition coefficient (Wildman–Crippen LogP) is -0.154. The molecule has 0 aromatic carbocycles. The van der Waals surface area contributed by atoms with Crippen LogP contribution in [0.1, 0.15) is 20.8 Å². The highest BCUT2D eigenvalue weighted by Crippen LogP contribution is 2.11. The van der Waals surface area contributed by atoms with Gasteiger partial charge in [-0.3, -0.25) is 4.99 Å². The molecule has 0 bridgehead atoms. The first-order valence-electron chi connectivity index (χ1n) is 6.47. The fourth-order valence-electron chi connectivity index (χ4n) is 1.71. The van der Waals surface area contributed by atoms with Crippen molar-refractivity contribution >= 4 is 12.1 Å². The second kappa shape index (κ2) is 6.60. The van der Waals surface area contributed by atoms with Crippen molar-refractivity contribution in [2.24, 2.45) is 10.7 Å². The molecule has 0 saturated carbocycles. The number of ether oxygens (including phenoxy) is 1. The lowest BCUT2D eigenvalue weighted by molar-refractivity contribution is 0.0186. The molecular weight excluding hydrogens is 248 g/mol. The molecule has 0 aromatic rings. The number of nitrogens with two attached hydrogens (primary N) is 1. The van der Waals surface area contributed by atoms with Crippen LogP contribution in [-0.4, -0.2) is 71.9 Å². The van der Waals surface area contributed by atoms with E-state index in [2.05, 4.69) is 4.99 Å². The van der Waals surface area contributed by atoms with E-state index in [0.717, 1.165) is 0 Å². The standard InChI is InChI=1S/C12H24N4O3/c1-12(2,3)19-11(18)16-7-5-15(6-8-16)10(13)14-4-9-17/h17H,4-9H2,1-3H3,(H2,13,14). The zero-order valence-corrected chi connectivity index (χ0v) is 11.9. The third-order valence-corrected chi connectivity index (χ3v) is 2.63. The molecule has 0 spiro atoms. The van der Waals surface area contributed by atoms with Gasteiger partial charge in [0.15, 0.2) is 5.96 Å². The lowest BCUT2D eigenvalue weighted by Crippen LogP contribution is -2.53. The lowest BCUT2D eigenvalue weighted by atomic mass is 10.2. The molecule has 1 aliphatic heterocycles. The third-order valence-electron chi connectivity index (χ3n) is 2.63. The van der Waals surface area contributed by atoms with E-state index in [-0.39, 0.29) is 12.7 Å². The van der Waals surface area contributed by atoms with Gasteiger partial charge in [0.2, 0.25) is 0 Å². The minimum absolute atomic E-state index is 0.0153. The Labute approximate surface area is 114 Å². The largest absolute Gasteiger partial charge is 0.444 e. The van der Waals surface area contributed by atoms with Crippen LogP contribution in [0.3, 0.4) is 0 Å². The summed E-state index contributed by atoms with van der Waals surface area (Å²) in [7, 11) is 0. The smallest absolute Gasteiger partial charge is 0.410 e. The van der Waals surface area contributed by atoms with Crippen LogP contribution in [0.4, 0.5) is 4.79 Å². The van der Waals surface area contributed by atoms with Gasteiger partial charge in [0.1, 0.15) is 5.60 Å². The molecule has 0 aliphatic carbocycles. The highest BCUT2D eigenvalue weighted by molar-refractivity contribution is 5.78. The maximum absolute atomic E-state index is 11.9. The molecule has 0 radical (unpaired) electrons. The molecule has 110 valence electrons. The number of aliphatic hydroxyl groups excluding tert-OH is 1. The molecule has 1 fully saturated rings. The summed E-state index contributed by atoms with van der Waals surface area (Å²) in [6.45, 7) is 8.20. The number of aliphatic imine (C=N–C) groups is 1. The van der Waals surface area contributed by atoms with E-state index in [0.29, 0.717) is 38.7 Å². The number of piperazine rings is 1. The first-order chi connectivity index (χ1) is 8.83. The van der Waals surface area contributed by atoms with Gasteiger partial charge in [-0.1, -0.05) is 0 Å². The number of rotatable bonds is 2. The van der Waals surface area contributed by atoms with Crippen LogP contribution in [0.15, 0.2) is 4.99 Å². The highest BCUT2D eigenvalue weighted by atomic mass is 16.6. The number of nitrogens with zero attached hydrogens (tertiary/aromatic N) is 3. The summed E-state index contributed by atoms with van der Waals surface area (Å²) in [5.41, 5.74) is 5.31. The molecule has 19 heavy (non-hydrogen) atoms. The van der Waals surface area contributed by atoms with E-state index in [1.54, 1.807) is 4.90 Å². The topological polar surface area (TPSA) is 91.4 Å². The number of amides is 1. The van der Waals surface area contributed by atoms with Gasteiger partial charge in [0.25, 0.3) is 0 Å². The van der Waals surface area contributed by atoms with Crippen molar-refractivity contribution in [2.75, 3.05) is 39.3 Å². The summed E-state index contributed by atoms with van der Waals surface area (Å²) >= 11 is 0. The first-order valence-corrected chi connectivity index (χ1v) is 6.47. The number of aliphatic hydroxyl groups is 1. The summed E-state index contributed by atoms with van der Waals surface area (Å²) in [6.07, 6.45) is -0.294. The summed E-state index contributed by atoms with van der Waals surface area (Å²) < 4.78 is 5.31. The molecule has 0 aromatic heterocycles. The molecule has 0 unspecified atom stereocenters. The quantitative estimate of drug-likeness (QED) is 0.538. The average Bonchev–Trinajstić information content (AvgIpc) is 2.34. The maximum atomic E-state index is 11.9. The lowest BCUT2D eigenvalue weighted by Gasteiger charge is -2.36. The summed E-state index contributed by atoms with van der Waals surface area (Å²) in [6, 6.07) is 0. The third kappa shape index (κ3) is 5.34. The Bertz CT molecular complexity index is 330. The maximum Gasteiger partial charge on any atom is 0.410 e. The SMILES string of the molecule is CC(C)(C)OC(=O)N1CCN(C(N)=NCCO)CC1. The fourth-order valence-corrected chi connectivity index (χ4v) is 1.71. The molecule has 1 amide bonds. The Hall–Kier alpha value is -1.50. The molecule has 0 atom stereocenters. The van der Waals surface area contributed by atoms with Gasteiger partial charge in [-0.15, -0.1) is 0 Å². The van der Waals surface area contributed by atoms with Gasteiger partial charge in [0, 0.05) is 26.2 Å². The second-order valence-corrected chi connectivity index (χ2v) is 5.42. The summed E-state index contributed by atoms with van der Waals surface area (Å²) in [4.78, 5) is 19.5. The van der Waals surface area contributed by atoms with Crippen molar-refractivity contribution in [1.82, 2.24) is 9.80 Å². The number of guanidine groups is 1. The van der Waals surface area contributed by atoms with Crippen LogP contribution < -0.4 is 5.73 Å². The van der Waals surface area contributed by atoms with Crippen LogP contribution in [-0.2, 0) is 4.74 Å². The van der Waals surface area contributed by atoms with E-state index >= 15 is 0 Å². The van der Waals surface area contributed by atoms with Crippen LogP contribution in [0.2, 0.25) is 0 Å². The van der Waals surface area contributed by atoms with Gasteiger partial charge in [-0.05, 0) is 20.8 Å². The molecule has 7 nitrogen and oxygen atoms in total. The molecule has 7 heteroatoms. The van der Waals surface area contributed by atoms with E-state index < -0.39 is 5.60 Å². The van der Waals surface area contributed by atoms with Crippen LogP contribution in [0.5, 0.6) is 0 Å². The minimum atomic E-state index is -0.476. The van der Waals surface area contributed by atoms with Crippen molar-refractivity contribution in [3.8, 4) is 0 Å². The summed E-state index contributed by atoms with van der Waals surface area (Å²) in [5, 5.41) is 8.69. The second-order valence-electron chi connectivity index (χ2n) is 5.42. The van der Waals surface area contributed by atoms with Gasteiger partial charge < -0.3 is 25.4 Å². The summed E-state index contributed by atoms with van der Waals surface area (Å²) in [5.74, 6) is 0.415. The molecule has 1 saturated heterocycles. The predicted molar refractivity (Wildman–Crippen MR) is 73.0 cm³/mol. The number of hydrogen-bond donors (Lipinski definition) is 2. The zero-order chi connectivity index (χ0) is 14.5. The van der Waals surface area contributed by atoms with Crippen molar-refractivity contribution < 1.29 is 14.6 Å². The Morgan fingerprint density at radius 1 is 1.26 bits per heavy atom. The van der Waals surface area contributed by atoms with Crippen LogP contribution >= 0.6 is 0 Å². The Kier molecular flexibility index (Phi) is 5.41. The van der Waals surface area contributed by atoms with Gasteiger partial charge in [-0.25, -0.2) is 4.79 Å². The molecular formula is C12H24N4O3. The fraction of sp³-hybridized carbons (Fsp3) is 0.833. The monoisotopic (exact) mass is 272 g/mol. The van der Waals surface area contributed by atoms with Crippen molar-refractivity contribution in [3.63, 3.8) is 0 Å². The van der Waals surface area contributed by atoms with Gasteiger partial charge >= 0.3 is 6.09 Å². The normalized spacial score (nSPS) is 17.6. The first kappa shape index (κ1) is 15.6. The van der Waals surface area contributed by atoms with Gasteiger partial charge in [-0.2, -0.15) is 0 Å². The van der Waals surface area contributed by atoms with Crippen LogP contribution in [0, 0.1) is 0 Å².